The summed E-state index contributed by atoms with van der Waals surface area (Å²) in [5.41, 5.74) is 1.04. The fourth-order valence-electron chi connectivity index (χ4n) is 2.74. The third kappa shape index (κ3) is 3.46. The monoisotopic (exact) mass is 275 g/mol. The van der Waals surface area contributed by atoms with E-state index in [1.54, 1.807) is 0 Å². The smallest absolute Gasteiger partial charge is 0.151 e. The standard InChI is InChI=1S/C15H25N5/c1-19(2)14-4-3-9-20(11-14)15-8-7-13(17-18-15)10-16-12-5-6-12/h7-8,12,14,16H,3-6,9-11H2,1-2H3. The zero-order chi connectivity index (χ0) is 13.9. The molecule has 3 rings (SSSR count). The summed E-state index contributed by atoms with van der Waals surface area (Å²) in [5, 5.41) is 12.2. The van der Waals surface area contributed by atoms with Gasteiger partial charge in [-0.05, 0) is 51.9 Å². The zero-order valence-electron chi connectivity index (χ0n) is 12.5. The number of piperidine rings is 1. The summed E-state index contributed by atoms with van der Waals surface area (Å²) in [6.07, 6.45) is 5.13. The van der Waals surface area contributed by atoms with Crippen molar-refractivity contribution in [3.8, 4) is 0 Å². The molecular weight excluding hydrogens is 250 g/mol. The summed E-state index contributed by atoms with van der Waals surface area (Å²) in [6, 6.07) is 5.58. The van der Waals surface area contributed by atoms with Gasteiger partial charge in [-0.2, -0.15) is 5.10 Å². The van der Waals surface area contributed by atoms with Crippen molar-refractivity contribution in [3.63, 3.8) is 0 Å². The molecule has 1 aromatic heterocycles. The van der Waals surface area contributed by atoms with Crippen molar-refractivity contribution in [2.75, 3.05) is 32.1 Å². The van der Waals surface area contributed by atoms with Crippen LogP contribution in [0, 0.1) is 0 Å². The summed E-state index contributed by atoms with van der Waals surface area (Å²) >= 11 is 0. The highest BCUT2D eigenvalue weighted by Crippen LogP contribution is 2.20. The number of nitrogens with one attached hydrogen (secondary N) is 1. The van der Waals surface area contributed by atoms with Crippen LogP contribution in [-0.2, 0) is 6.54 Å². The Morgan fingerprint density at radius 2 is 2.10 bits per heavy atom. The van der Waals surface area contributed by atoms with Gasteiger partial charge in [-0.1, -0.05) is 0 Å². The molecule has 2 heterocycles. The van der Waals surface area contributed by atoms with E-state index in [9.17, 15) is 0 Å². The minimum absolute atomic E-state index is 0.627. The largest absolute Gasteiger partial charge is 0.354 e. The molecule has 5 heteroatoms. The van der Waals surface area contributed by atoms with Crippen LogP contribution in [0.25, 0.3) is 0 Å². The number of anilines is 1. The second-order valence-electron chi connectivity index (χ2n) is 6.24. The van der Waals surface area contributed by atoms with Gasteiger partial charge in [0.2, 0.25) is 0 Å². The van der Waals surface area contributed by atoms with Gasteiger partial charge in [0, 0.05) is 31.7 Å². The molecule has 0 spiro atoms. The average molecular weight is 275 g/mol. The lowest BCUT2D eigenvalue weighted by Crippen LogP contribution is -2.45. The predicted octanol–water partition coefficient (Wildman–Crippen LogP) is 1.26. The Bertz CT molecular complexity index is 426. The molecule has 0 amide bonds. The Morgan fingerprint density at radius 3 is 2.75 bits per heavy atom. The van der Waals surface area contributed by atoms with E-state index in [0.29, 0.717) is 6.04 Å². The van der Waals surface area contributed by atoms with Crippen molar-refractivity contribution >= 4 is 5.82 Å². The fourth-order valence-corrected chi connectivity index (χ4v) is 2.74. The Balaban J connectivity index is 1.58. The lowest BCUT2D eigenvalue weighted by atomic mass is 10.1. The highest BCUT2D eigenvalue weighted by molar-refractivity contribution is 5.38. The van der Waals surface area contributed by atoms with E-state index >= 15 is 0 Å². The van der Waals surface area contributed by atoms with Crippen LogP contribution >= 0.6 is 0 Å². The molecule has 1 aliphatic heterocycles. The molecule has 0 aromatic carbocycles. The van der Waals surface area contributed by atoms with Crippen LogP contribution in [0.4, 0.5) is 5.82 Å². The summed E-state index contributed by atoms with van der Waals surface area (Å²) in [4.78, 5) is 4.67. The van der Waals surface area contributed by atoms with E-state index < -0.39 is 0 Å². The number of aromatic nitrogens is 2. The lowest BCUT2D eigenvalue weighted by molar-refractivity contribution is 0.257. The van der Waals surface area contributed by atoms with E-state index in [4.69, 9.17) is 0 Å². The first-order valence-electron chi connectivity index (χ1n) is 7.70. The molecule has 1 aliphatic carbocycles. The Labute approximate surface area is 121 Å². The van der Waals surface area contributed by atoms with Crippen molar-refractivity contribution in [1.29, 1.82) is 0 Å². The molecule has 0 radical (unpaired) electrons. The van der Waals surface area contributed by atoms with Crippen molar-refractivity contribution in [2.24, 2.45) is 0 Å². The van der Waals surface area contributed by atoms with Crippen LogP contribution in [0.2, 0.25) is 0 Å². The van der Waals surface area contributed by atoms with Gasteiger partial charge >= 0.3 is 0 Å². The first-order chi connectivity index (χ1) is 9.72. The van der Waals surface area contributed by atoms with Crippen LogP contribution in [0.3, 0.4) is 0 Å². The van der Waals surface area contributed by atoms with Crippen LogP contribution in [-0.4, -0.2) is 54.4 Å². The quantitative estimate of drug-likeness (QED) is 0.876. The molecule has 1 atom stereocenters. The Morgan fingerprint density at radius 1 is 1.25 bits per heavy atom. The summed E-state index contributed by atoms with van der Waals surface area (Å²) < 4.78 is 0. The minimum atomic E-state index is 0.627. The van der Waals surface area contributed by atoms with Gasteiger partial charge in [-0.15, -0.1) is 5.10 Å². The number of nitrogens with zero attached hydrogens (tertiary/aromatic N) is 4. The SMILES string of the molecule is CN(C)C1CCCN(c2ccc(CNC3CC3)nn2)C1. The van der Waals surface area contributed by atoms with E-state index in [-0.39, 0.29) is 0 Å². The van der Waals surface area contributed by atoms with Crippen molar-refractivity contribution in [3.05, 3.63) is 17.8 Å². The van der Waals surface area contributed by atoms with Crippen molar-refractivity contribution in [2.45, 2.75) is 44.3 Å². The zero-order valence-corrected chi connectivity index (χ0v) is 12.5. The van der Waals surface area contributed by atoms with E-state index in [2.05, 4.69) is 51.5 Å². The first-order valence-corrected chi connectivity index (χ1v) is 7.70. The van der Waals surface area contributed by atoms with Crippen LogP contribution in [0.1, 0.15) is 31.4 Å². The maximum atomic E-state index is 4.41. The summed E-state index contributed by atoms with van der Waals surface area (Å²) in [6.45, 7) is 3.00. The van der Waals surface area contributed by atoms with Crippen molar-refractivity contribution < 1.29 is 0 Å². The molecule has 1 unspecified atom stereocenters. The second-order valence-corrected chi connectivity index (χ2v) is 6.24. The van der Waals surface area contributed by atoms with Crippen LogP contribution in [0.5, 0.6) is 0 Å². The number of likely N-dealkylation sites (N-methyl/N-ethyl adjacent to an activating group) is 1. The maximum absolute atomic E-state index is 4.41. The second kappa shape index (κ2) is 6.06. The molecule has 1 aromatic rings. The molecule has 110 valence electrons. The number of rotatable bonds is 5. The third-order valence-corrected chi connectivity index (χ3v) is 4.31. The predicted molar refractivity (Wildman–Crippen MR) is 80.8 cm³/mol. The van der Waals surface area contributed by atoms with Crippen LogP contribution in [0.15, 0.2) is 12.1 Å². The van der Waals surface area contributed by atoms with Crippen molar-refractivity contribution in [1.82, 2.24) is 20.4 Å². The fraction of sp³-hybridized carbons (Fsp3) is 0.733. The minimum Gasteiger partial charge on any atom is -0.354 e. The molecule has 2 fully saturated rings. The Kier molecular flexibility index (Phi) is 4.17. The molecule has 1 N–H and O–H groups in total. The molecule has 5 nitrogen and oxygen atoms in total. The van der Waals surface area contributed by atoms with E-state index in [0.717, 1.165) is 37.2 Å². The van der Waals surface area contributed by atoms with E-state index in [1.165, 1.54) is 25.7 Å². The van der Waals surface area contributed by atoms with Gasteiger partial charge in [0.25, 0.3) is 0 Å². The molecule has 1 saturated heterocycles. The molecule has 20 heavy (non-hydrogen) atoms. The number of hydrogen-bond acceptors (Lipinski definition) is 5. The topological polar surface area (TPSA) is 44.3 Å². The number of hydrogen-bond donors (Lipinski definition) is 1. The van der Waals surface area contributed by atoms with E-state index in [1.807, 2.05) is 0 Å². The Hall–Kier alpha value is -1.20. The van der Waals surface area contributed by atoms with Gasteiger partial charge < -0.3 is 15.1 Å². The average Bonchev–Trinajstić information content (AvgIpc) is 3.30. The normalized spacial score (nSPS) is 23.4. The summed E-state index contributed by atoms with van der Waals surface area (Å²) in [5.74, 6) is 1.02. The van der Waals surface area contributed by atoms with Gasteiger partial charge in [-0.3, -0.25) is 0 Å². The highest BCUT2D eigenvalue weighted by Gasteiger charge is 2.23. The molecule has 0 bridgehead atoms. The first kappa shape index (κ1) is 13.8. The molecule has 1 saturated carbocycles. The lowest BCUT2D eigenvalue weighted by Gasteiger charge is -2.36. The van der Waals surface area contributed by atoms with Gasteiger partial charge in [0.15, 0.2) is 5.82 Å². The molecule has 2 aliphatic rings. The van der Waals surface area contributed by atoms with Gasteiger partial charge in [0.05, 0.1) is 5.69 Å². The van der Waals surface area contributed by atoms with Gasteiger partial charge in [-0.25, -0.2) is 0 Å². The summed E-state index contributed by atoms with van der Waals surface area (Å²) in [7, 11) is 4.32. The third-order valence-electron chi connectivity index (χ3n) is 4.31. The van der Waals surface area contributed by atoms with Gasteiger partial charge in [0.1, 0.15) is 0 Å². The highest BCUT2D eigenvalue weighted by atomic mass is 15.3. The van der Waals surface area contributed by atoms with Crippen LogP contribution < -0.4 is 10.2 Å². The maximum Gasteiger partial charge on any atom is 0.151 e. The molecular formula is C15H25N5.